The molecule has 23 heavy (non-hydrogen) atoms. The number of carbonyl (C=O) groups is 2. The first-order valence-corrected chi connectivity index (χ1v) is 9.45. The summed E-state index contributed by atoms with van der Waals surface area (Å²) in [6.45, 7) is 13.9. The van der Waals surface area contributed by atoms with E-state index in [2.05, 4.69) is 23.6 Å². The maximum Gasteiger partial charge on any atom is 0.226 e. The fourth-order valence-corrected chi connectivity index (χ4v) is 4.75. The van der Waals surface area contributed by atoms with E-state index in [9.17, 15) is 9.59 Å². The second kappa shape index (κ2) is 6.92. The second-order valence-corrected chi connectivity index (χ2v) is 7.64. The average molecular weight is 322 g/mol. The molecule has 1 aliphatic carbocycles. The number of likely N-dealkylation sites (tertiary alicyclic amines) is 2. The minimum absolute atomic E-state index is 0.0648. The molecule has 0 spiro atoms. The molecule has 0 aromatic heterocycles. The van der Waals surface area contributed by atoms with Gasteiger partial charge in [-0.2, -0.15) is 0 Å². The fraction of sp³-hybridized carbons (Fsp3) is 0.895. The number of hydrogen-bond donors (Lipinski definition) is 0. The number of rotatable bonds is 3. The van der Waals surface area contributed by atoms with E-state index in [0.29, 0.717) is 12.5 Å². The van der Waals surface area contributed by atoms with Gasteiger partial charge in [-0.05, 0) is 65.6 Å². The van der Waals surface area contributed by atoms with Gasteiger partial charge in [-0.1, -0.05) is 20.8 Å². The Kier molecular flexibility index (Phi) is 5.55. The molecule has 1 amide bonds. The molecule has 3 fully saturated rings. The van der Waals surface area contributed by atoms with Crippen molar-refractivity contribution >= 4 is 11.7 Å². The Balaban J connectivity index is 0.000000924. The standard InChI is InChI=1S/C17H28N2O2.C2H6/c1-4-18-9-5-14(6-10-18)15(21)19-12-17(13(2)20)8-7-16(19,3)11-17;1-2/h14H,4-12H2,1-3H3;1-2H3. The molecule has 2 heterocycles. The minimum atomic E-state index is -0.228. The first kappa shape index (κ1) is 18.4. The summed E-state index contributed by atoms with van der Waals surface area (Å²) in [6, 6.07) is 0. The van der Waals surface area contributed by atoms with E-state index in [-0.39, 0.29) is 22.7 Å². The summed E-state index contributed by atoms with van der Waals surface area (Å²) in [5.74, 6) is 0.770. The molecule has 2 saturated heterocycles. The summed E-state index contributed by atoms with van der Waals surface area (Å²) in [5.41, 5.74) is -0.292. The Morgan fingerprint density at radius 2 is 1.74 bits per heavy atom. The van der Waals surface area contributed by atoms with Crippen LogP contribution >= 0.6 is 0 Å². The van der Waals surface area contributed by atoms with Gasteiger partial charge in [-0.15, -0.1) is 0 Å². The van der Waals surface area contributed by atoms with Crippen molar-refractivity contribution < 1.29 is 9.59 Å². The van der Waals surface area contributed by atoms with Crippen LogP contribution in [0.25, 0.3) is 0 Å². The van der Waals surface area contributed by atoms with Crippen molar-refractivity contribution in [2.24, 2.45) is 11.3 Å². The van der Waals surface area contributed by atoms with Crippen LogP contribution in [0.15, 0.2) is 0 Å². The molecule has 4 nitrogen and oxygen atoms in total. The zero-order valence-corrected chi connectivity index (χ0v) is 15.7. The molecule has 0 radical (unpaired) electrons. The van der Waals surface area contributed by atoms with Crippen molar-refractivity contribution in [2.45, 2.75) is 72.3 Å². The van der Waals surface area contributed by atoms with Crippen LogP contribution in [0.4, 0.5) is 0 Å². The van der Waals surface area contributed by atoms with Gasteiger partial charge >= 0.3 is 0 Å². The zero-order valence-electron chi connectivity index (χ0n) is 15.7. The maximum atomic E-state index is 13.0. The predicted octanol–water partition coefficient (Wildman–Crippen LogP) is 3.10. The van der Waals surface area contributed by atoms with Crippen molar-refractivity contribution in [1.29, 1.82) is 0 Å². The molecule has 0 N–H and O–H groups in total. The van der Waals surface area contributed by atoms with Crippen molar-refractivity contribution in [3.63, 3.8) is 0 Å². The molecule has 0 aromatic rings. The number of fused-ring (bicyclic) bond motifs is 2. The lowest BCUT2D eigenvalue weighted by molar-refractivity contribution is -0.143. The maximum absolute atomic E-state index is 13.0. The molecular formula is C19H34N2O2. The van der Waals surface area contributed by atoms with Gasteiger partial charge in [0.25, 0.3) is 0 Å². The molecule has 4 heteroatoms. The van der Waals surface area contributed by atoms with E-state index in [1.54, 1.807) is 6.92 Å². The van der Waals surface area contributed by atoms with Crippen LogP contribution in [-0.2, 0) is 9.59 Å². The highest BCUT2D eigenvalue weighted by Crippen LogP contribution is 2.55. The zero-order chi connectivity index (χ0) is 17.3. The summed E-state index contributed by atoms with van der Waals surface area (Å²) in [7, 11) is 0. The molecule has 132 valence electrons. The number of nitrogens with zero attached hydrogens (tertiary/aromatic N) is 2. The predicted molar refractivity (Wildman–Crippen MR) is 93.3 cm³/mol. The normalized spacial score (nSPS) is 34.2. The molecule has 3 rings (SSSR count). The lowest BCUT2D eigenvalue weighted by atomic mass is 9.83. The number of hydrogen-bond acceptors (Lipinski definition) is 3. The monoisotopic (exact) mass is 322 g/mol. The van der Waals surface area contributed by atoms with Crippen molar-refractivity contribution in [1.82, 2.24) is 9.80 Å². The van der Waals surface area contributed by atoms with Gasteiger partial charge < -0.3 is 9.80 Å². The molecule has 3 aliphatic rings. The third kappa shape index (κ3) is 3.19. The Morgan fingerprint density at radius 1 is 1.13 bits per heavy atom. The quantitative estimate of drug-likeness (QED) is 0.801. The van der Waals surface area contributed by atoms with Gasteiger partial charge in [-0.3, -0.25) is 9.59 Å². The Labute approximate surface area is 141 Å². The smallest absolute Gasteiger partial charge is 0.226 e. The van der Waals surface area contributed by atoms with Crippen molar-refractivity contribution in [3.8, 4) is 0 Å². The fourth-order valence-electron chi connectivity index (χ4n) is 4.75. The Bertz CT molecular complexity index is 456. The summed E-state index contributed by atoms with van der Waals surface area (Å²) in [4.78, 5) is 29.5. The average Bonchev–Trinajstić information content (AvgIpc) is 3.08. The van der Waals surface area contributed by atoms with E-state index < -0.39 is 0 Å². The van der Waals surface area contributed by atoms with E-state index in [4.69, 9.17) is 0 Å². The van der Waals surface area contributed by atoms with Crippen LogP contribution in [-0.4, -0.2) is 53.2 Å². The van der Waals surface area contributed by atoms with Crippen LogP contribution in [0.3, 0.4) is 0 Å². The largest absolute Gasteiger partial charge is 0.336 e. The Morgan fingerprint density at radius 3 is 2.22 bits per heavy atom. The molecule has 2 aliphatic heterocycles. The highest BCUT2D eigenvalue weighted by molar-refractivity contribution is 5.87. The van der Waals surface area contributed by atoms with E-state index in [1.165, 1.54) is 0 Å². The van der Waals surface area contributed by atoms with E-state index >= 15 is 0 Å². The van der Waals surface area contributed by atoms with E-state index in [1.807, 2.05) is 13.8 Å². The number of Topliss-reactive ketones (excluding diaryl/α,β-unsaturated/α-hetero) is 1. The number of carbonyl (C=O) groups excluding carboxylic acids is 2. The topological polar surface area (TPSA) is 40.6 Å². The summed E-state index contributed by atoms with van der Waals surface area (Å²) < 4.78 is 0. The highest BCUT2D eigenvalue weighted by Gasteiger charge is 2.60. The molecular weight excluding hydrogens is 288 g/mol. The van der Waals surface area contributed by atoms with Crippen LogP contribution < -0.4 is 0 Å². The minimum Gasteiger partial charge on any atom is -0.336 e. The van der Waals surface area contributed by atoms with Crippen LogP contribution in [0.5, 0.6) is 0 Å². The summed E-state index contributed by atoms with van der Waals surface area (Å²) >= 11 is 0. The third-order valence-corrected chi connectivity index (χ3v) is 6.37. The molecule has 2 atom stereocenters. The van der Waals surface area contributed by atoms with Crippen molar-refractivity contribution in [3.05, 3.63) is 0 Å². The van der Waals surface area contributed by atoms with Gasteiger partial charge in [0.05, 0.1) is 0 Å². The summed E-state index contributed by atoms with van der Waals surface area (Å²) in [5, 5.41) is 0. The number of piperidine rings is 2. The SMILES string of the molecule is CC.CCN1CCC(C(=O)N2CC3(C(C)=O)CCC2(C)C3)CC1. The molecule has 2 bridgehead atoms. The van der Waals surface area contributed by atoms with Gasteiger partial charge in [0, 0.05) is 23.4 Å². The highest BCUT2D eigenvalue weighted by atomic mass is 16.2. The Hall–Kier alpha value is -0.900. The number of ketones is 1. The first-order chi connectivity index (χ1) is 10.9. The van der Waals surface area contributed by atoms with Gasteiger partial charge in [0.15, 0.2) is 0 Å². The van der Waals surface area contributed by atoms with Gasteiger partial charge in [0.2, 0.25) is 5.91 Å². The molecule has 2 unspecified atom stereocenters. The second-order valence-electron chi connectivity index (χ2n) is 7.64. The molecule has 1 saturated carbocycles. The lowest BCUT2D eigenvalue weighted by Crippen LogP contribution is -2.51. The summed E-state index contributed by atoms with van der Waals surface area (Å²) in [6.07, 6.45) is 4.80. The lowest BCUT2D eigenvalue weighted by Gasteiger charge is -2.41. The molecule has 0 aromatic carbocycles. The van der Waals surface area contributed by atoms with Crippen LogP contribution in [0.1, 0.15) is 66.7 Å². The van der Waals surface area contributed by atoms with Crippen LogP contribution in [0.2, 0.25) is 0 Å². The first-order valence-electron chi connectivity index (χ1n) is 9.45. The van der Waals surface area contributed by atoms with Crippen LogP contribution in [0, 0.1) is 11.3 Å². The third-order valence-electron chi connectivity index (χ3n) is 6.37. The van der Waals surface area contributed by atoms with Gasteiger partial charge in [-0.25, -0.2) is 0 Å². The van der Waals surface area contributed by atoms with Crippen molar-refractivity contribution in [2.75, 3.05) is 26.2 Å². The van der Waals surface area contributed by atoms with Gasteiger partial charge in [0.1, 0.15) is 5.78 Å². The number of amides is 1. The van der Waals surface area contributed by atoms with E-state index in [0.717, 1.165) is 51.7 Å².